The third-order valence-electron chi connectivity index (χ3n) is 3.19. The van der Waals surface area contributed by atoms with Crippen molar-refractivity contribution in [2.45, 2.75) is 12.8 Å². The van der Waals surface area contributed by atoms with Crippen molar-refractivity contribution < 1.29 is 19.5 Å². The molecule has 1 aliphatic rings. The van der Waals surface area contributed by atoms with E-state index in [2.05, 4.69) is 0 Å². The molecule has 4 nitrogen and oxygen atoms in total. The van der Waals surface area contributed by atoms with E-state index >= 15 is 0 Å². The number of halogens is 1. The van der Waals surface area contributed by atoms with E-state index in [1.807, 2.05) is 0 Å². The molecule has 0 spiro atoms. The van der Waals surface area contributed by atoms with Crippen molar-refractivity contribution in [2.24, 2.45) is 0 Å². The zero-order chi connectivity index (χ0) is 13.0. The van der Waals surface area contributed by atoms with E-state index in [1.54, 1.807) is 12.1 Å². The number of ether oxygens (including phenoxy) is 1. The number of likely N-dealkylation sites (tertiary alicyclic amines) is 1. The van der Waals surface area contributed by atoms with Crippen LogP contribution in [0.15, 0.2) is 18.2 Å². The number of carbonyl (C=O) groups is 1. The molecule has 1 aliphatic heterocycles. The molecule has 5 heteroatoms. The van der Waals surface area contributed by atoms with Gasteiger partial charge >= 0.3 is 0 Å². The quantitative estimate of drug-likeness (QED) is 0.803. The lowest BCUT2D eigenvalue weighted by atomic mass is 10.2. The Kier molecular flexibility index (Phi) is 4.44. The Morgan fingerprint density at radius 2 is 2.11 bits per heavy atom. The van der Waals surface area contributed by atoms with Crippen molar-refractivity contribution in [2.75, 3.05) is 26.2 Å². The van der Waals surface area contributed by atoms with Crippen LogP contribution in [0.25, 0.3) is 0 Å². The number of carboxylic acid groups (broad SMARTS) is 1. The summed E-state index contributed by atoms with van der Waals surface area (Å²) in [5.41, 5.74) is 0.0129. The molecule has 1 fully saturated rings. The molecule has 0 radical (unpaired) electrons. The Balaban J connectivity index is 1.93. The van der Waals surface area contributed by atoms with Gasteiger partial charge in [-0.3, -0.25) is 0 Å². The monoisotopic (exact) mass is 269 g/mol. The van der Waals surface area contributed by atoms with Gasteiger partial charge in [0, 0.05) is 23.4 Å². The van der Waals surface area contributed by atoms with Gasteiger partial charge in [-0.15, -0.1) is 0 Å². The molecule has 0 amide bonds. The lowest BCUT2D eigenvalue weighted by Gasteiger charge is -2.15. The Morgan fingerprint density at radius 1 is 1.39 bits per heavy atom. The number of quaternary nitrogens is 1. The minimum atomic E-state index is -1.26. The molecular weight excluding hydrogens is 254 g/mol. The summed E-state index contributed by atoms with van der Waals surface area (Å²) in [6, 6.07) is 4.55. The number of rotatable bonds is 5. The molecule has 0 aromatic heterocycles. The number of carboxylic acids is 1. The van der Waals surface area contributed by atoms with Crippen LogP contribution in [-0.4, -0.2) is 32.2 Å². The maximum Gasteiger partial charge on any atom is 0.137 e. The van der Waals surface area contributed by atoms with Gasteiger partial charge in [0.25, 0.3) is 0 Å². The summed E-state index contributed by atoms with van der Waals surface area (Å²) in [6.07, 6.45) is 2.53. The smallest absolute Gasteiger partial charge is 0.137 e. The lowest BCUT2D eigenvalue weighted by Crippen LogP contribution is -3.10. The molecule has 2 rings (SSSR count). The number of carbonyl (C=O) groups excluding carboxylic acids is 1. The molecule has 0 unspecified atom stereocenters. The van der Waals surface area contributed by atoms with Crippen molar-refractivity contribution in [3.05, 3.63) is 28.8 Å². The normalized spacial score (nSPS) is 15.8. The van der Waals surface area contributed by atoms with E-state index in [-0.39, 0.29) is 5.56 Å². The van der Waals surface area contributed by atoms with E-state index in [1.165, 1.54) is 36.9 Å². The number of benzene rings is 1. The van der Waals surface area contributed by atoms with Gasteiger partial charge in [0.2, 0.25) is 0 Å². The van der Waals surface area contributed by atoms with Crippen LogP contribution in [0.2, 0.25) is 5.02 Å². The summed E-state index contributed by atoms with van der Waals surface area (Å²) in [5, 5.41) is 11.3. The lowest BCUT2D eigenvalue weighted by molar-refractivity contribution is -0.887. The Bertz CT molecular complexity index is 430. The number of nitrogens with one attached hydrogen (secondary N) is 1. The van der Waals surface area contributed by atoms with Gasteiger partial charge in [-0.25, -0.2) is 0 Å². The fourth-order valence-corrected chi connectivity index (χ4v) is 2.39. The van der Waals surface area contributed by atoms with Crippen LogP contribution >= 0.6 is 11.6 Å². The molecule has 1 aromatic carbocycles. The van der Waals surface area contributed by atoms with Crippen molar-refractivity contribution in [1.82, 2.24) is 0 Å². The predicted molar refractivity (Wildman–Crippen MR) is 66.1 cm³/mol. The highest BCUT2D eigenvalue weighted by Crippen LogP contribution is 2.22. The van der Waals surface area contributed by atoms with Crippen molar-refractivity contribution in [3.8, 4) is 5.75 Å². The zero-order valence-electron chi connectivity index (χ0n) is 10.1. The van der Waals surface area contributed by atoms with Gasteiger partial charge < -0.3 is 19.5 Å². The first kappa shape index (κ1) is 13.2. The Hall–Kier alpha value is -1.26. The van der Waals surface area contributed by atoms with Gasteiger partial charge in [-0.1, -0.05) is 11.6 Å². The molecule has 0 saturated carbocycles. The second-order valence-corrected chi connectivity index (χ2v) is 4.92. The highest BCUT2D eigenvalue weighted by molar-refractivity contribution is 6.31. The van der Waals surface area contributed by atoms with Crippen LogP contribution in [0.4, 0.5) is 0 Å². The number of aromatic carboxylic acids is 1. The number of hydrogen-bond acceptors (Lipinski definition) is 3. The largest absolute Gasteiger partial charge is 0.545 e. The zero-order valence-corrected chi connectivity index (χ0v) is 10.8. The van der Waals surface area contributed by atoms with Crippen LogP contribution in [0.1, 0.15) is 23.2 Å². The predicted octanol–water partition coefficient (Wildman–Crippen LogP) is -0.239. The fourth-order valence-electron chi connectivity index (χ4n) is 2.22. The van der Waals surface area contributed by atoms with Gasteiger partial charge in [-0.2, -0.15) is 0 Å². The van der Waals surface area contributed by atoms with Gasteiger partial charge in [0.15, 0.2) is 0 Å². The maximum absolute atomic E-state index is 10.9. The van der Waals surface area contributed by atoms with Crippen molar-refractivity contribution >= 4 is 17.6 Å². The first-order chi connectivity index (χ1) is 8.66. The summed E-state index contributed by atoms with van der Waals surface area (Å²) < 4.78 is 5.52. The third kappa shape index (κ3) is 3.37. The maximum atomic E-state index is 10.9. The van der Waals surface area contributed by atoms with Crippen molar-refractivity contribution in [1.29, 1.82) is 0 Å². The molecular formula is C13H16ClNO3. The molecule has 0 atom stereocenters. The van der Waals surface area contributed by atoms with Gasteiger partial charge in [0.05, 0.1) is 19.1 Å². The second kappa shape index (κ2) is 6.07. The Labute approximate surface area is 111 Å². The topological polar surface area (TPSA) is 53.8 Å². The molecule has 18 heavy (non-hydrogen) atoms. The van der Waals surface area contributed by atoms with Crippen LogP contribution in [0, 0.1) is 0 Å². The molecule has 1 aromatic rings. The van der Waals surface area contributed by atoms with Crippen LogP contribution in [-0.2, 0) is 0 Å². The van der Waals surface area contributed by atoms with E-state index in [9.17, 15) is 9.90 Å². The minimum Gasteiger partial charge on any atom is -0.545 e. The SMILES string of the molecule is O=C([O-])c1cc(Cl)ccc1OCC[NH+]1CCCC1. The van der Waals surface area contributed by atoms with Gasteiger partial charge in [0.1, 0.15) is 18.9 Å². The van der Waals surface area contributed by atoms with Gasteiger partial charge in [-0.05, 0) is 18.2 Å². The first-order valence-corrected chi connectivity index (χ1v) is 6.52. The molecule has 98 valence electrons. The molecule has 1 saturated heterocycles. The van der Waals surface area contributed by atoms with Crippen LogP contribution < -0.4 is 14.7 Å². The fraction of sp³-hybridized carbons (Fsp3) is 0.462. The molecule has 0 aliphatic carbocycles. The van der Waals surface area contributed by atoms with E-state index in [4.69, 9.17) is 16.3 Å². The van der Waals surface area contributed by atoms with E-state index < -0.39 is 5.97 Å². The standard InChI is InChI=1S/C13H16ClNO3/c14-10-3-4-12(11(9-10)13(16)17)18-8-7-15-5-1-2-6-15/h3-4,9H,1-2,5-8H2,(H,16,17). The highest BCUT2D eigenvalue weighted by atomic mass is 35.5. The summed E-state index contributed by atoms with van der Waals surface area (Å²) in [6.45, 7) is 3.76. The van der Waals surface area contributed by atoms with Crippen LogP contribution in [0.5, 0.6) is 5.75 Å². The van der Waals surface area contributed by atoms with E-state index in [0.29, 0.717) is 17.4 Å². The summed E-state index contributed by atoms with van der Waals surface area (Å²) in [7, 11) is 0. The third-order valence-corrected chi connectivity index (χ3v) is 3.42. The molecule has 0 bridgehead atoms. The summed E-state index contributed by atoms with van der Waals surface area (Å²) >= 11 is 5.75. The van der Waals surface area contributed by atoms with E-state index in [0.717, 1.165) is 6.54 Å². The average Bonchev–Trinajstić information content (AvgIpc) is 2.84. The molecule has 1 N–H and O–H groups in total. The second-order valence-electron chi connectivity index (χ2n) is 4.48. The summed E-state index contributed by atoms with van der Waals surface area (Å²) in [5.74, 6) is -0.931. The first-order valence-electron chi connectivity index (χ1n) is 6.14. The summed E-state index contributed by atoms with van der Waals surface area (Å²) in [4.78, 5) is 12.5. The van der Waals surface area contributed by atoms with Crippen LogP contribution in [0.3, 0.4) is 0 Å². The van der Waals surface area contributed by atoms with Crippen molar-refractivity contribution in [3.63, 3.8) is 0 Å². The number of hydrogen-bond donors (Lipinski definition) is 1. The highest BCUT2D eigenvalue weighted by Gasteiger charge is 2.15. The molecule has 1 heterocycles. The average molecular weight is 270 g/mol. The minimum absolute atomic E-state index is 0.0129. The Morgan fingerprint density at radius 3 is 2.78 bits per heavy atom.